The SMILES string of the molecule is CC1CC(C)CN(Cc2cc(=O)c(O)cn2CCCO)C1. The molecule has 0 amide bonds. The summed E-state index contributed by atoms with van der Waals surface area (Å²) >= 11 is 0. The predicted molar refractivity (Wildman–Crippen MR) is 82.3 cm³/mol. The zero-order chi connectivity index (χ0) is 15.4. The number of hydrogen-bond acceptors (Lipinski definition) is 4. The van der Waals surface area contributed by atoms with E-state index < -0.39 is 0 Å². The lowest BCUT2D eigenvalue weighted by atomic mass is 9.92. The van der Waals surface area contributed by atoms with E-state index in [9.17, 15) is 9.90 Å². The molecule has 1 fully saturated rings. The first kappa shape index (κ1) is 16.0. The van der Waals surface area contributed by atoms with Gasteiger partial charge in [-0.3, -0.25) is 9.69 Å². The summed E-state index contributed by atoms with van der Waals surface area (Å²) in [4.78, 5) is 14.1. The predicted octanol–water partition coefficient (Wildman–Crippen LogP) is 1.41. The Balaban J connectivity index is 2.17. The number of aliphatic hydroxyl groups excluding tert-OH is 1. The van der Waals surface area contributed by atoms with Gasteiger partial charge in [0.2, 0.25) is 5.43 Å². The summed E-state index contributed by atoms with van der Waals surface area (Å²) in [5.41, 5.74) is 0.580. The van der Waals surface area contributed by atoms with Crippen molar-refractivity contribution in [1.82, 2.24) is 9.47 Å². The lowest BCUT2D eigenvalue weighted by molar-refractivity contribution is 0.131. The van der Waals surface area contributed by atoms with Crippen LogP contribution in [0, 0.1) is 11.8 Å². The fraction of sp³-hybridized carbons (Fsp3) is 0.688. The van der Waals surface area contributed by atoms with Crippen LogP contribution in [-0.2, 0) is 13.1 Å². The molecule has 21 heavy (non-hydrogen) atoms. The second-order valence-corrected chi connectivity index (χ2v) is 6.42. The van der Waals surface area contributed by atoms with Crippen molar-refractivity contribution in [3.8, 4) is 5.75 Å². The van der Waals surface area contributed by atoms with Crippen molar-refractivity contribution in [1.29, 1.82) is 0 Å². The van der Waals surface area contributed by atoms with Crippen molar-refractivity contribution >= 4 is 0 Å². The molecule has 0 aliphatic carbocycles. The van der Waals surface area contributed by atoms with Gasteiger partial charge in [0.05, 0.1) is 6.20 Å². The molecule has 1 aliphatic heterocycles. The van der Waals surface area contributed by atoms with Crippen LogP contribution in [0.5, 0.6) is 5.75 Å². The number of hydrogen-bond donors (Lipinski definition) is 2. The molecule has 2 N–H and O–H groups in total. The van der Waals surface area contributed by atoms with E-state index in [1.807, 2.05) is 4.57 Å². The number of likely N-dealkylation sites (tertiary alicyclic amines) is 1. The first-order valence-corrected chi connectivity index (χ1v) is 7.75. The Kier molecular flexibility index (Phi) is 5.42. The van der Waals surface area contributed by atoms with Gasteiger partial charge in [0.1, 0.15) is 0 Å². The van der Waals surface area contributed by atoms with Gasteiger partial charge in [-0.15, -0.1) is 0 Å². The van der Waals surface area contributed by atoms with Crippen LogP contribution in [0.2, 0.25) is 0 Å². The molecule has 2 heterocycles. The molecule has 2 atom stereocenters. The van der Waals surface area contributed by atoms with E-state index in [4.69, 9.17) is 5.11 Å². The number of aryl methyl sites for hydroxylation is 1. The Morgan fingerprint density at radius 1 is 1.29 bits per heavy atom. The van der Waals surface area contributed by atoms with E-state index in [1.54, 1.807) is 0 Å². The topological polar surface area (TPSA) is 65.7 Å². The molecule has 5 nitrogen and oxygen atoms in total. The number of aromatic hydroxyl groups is 1. The molecule has 1 aromatic rings. The summed E-state index contributed by atoms with van der Waals surface area (Å²) in [6.07, 6.45) is 3.36. The number of rotatable bonds is 5. The van der Waals surface area contributed by atoms with Crippen LogP contribution in [0.3, 0.4) is 0 Å². The number of pyridine rings is 1. The molecular weight excluding hydrogens is 268 g/mol. The van der Waals surface area contributed by atoms with Crippen molar-refractivity contribution in [2.24, 2.45) is 11.8 Å². The highest BCUT2D eigenvalue weighted by Crippen LogP contribution is 2.22. The second kappa shape index (κ2) is 7.09. The number of nitrogens with zero attached hydrogens (tertiary/aromatic N) is 2. The van der Waals surface area contributed by atoms with Crippen LogP contribution >= 0.6 is 0 Å². The Morgan fingerprint density at radius 2 is 1.95 bits per heavy atom. The summed E-state index contributed by atoms with van der Waals surface area (Å²) in [5, 5.41) is 18.6. The van der Waals surface area contributed by atoms with Gasteiger partial charge in [0.25, 0.3) is 0 Å². The van der Waals surface area contributed by atoms with Gasteiger partial charge in [-0.1, -0.05) is 13.8 Å². The minimum atomic E-state index is -0.330. The molecule has 1 saturated heterocycles. The van der Waals surface area contributed by atoms with Gasteiger partial charge >= 0.3 is 0 Å². The van der Waals surface area contributed by atoms with Crippen molar-refractivity contribution in [2.45, 2.75) is 39.8 Å². The molecule has 0 aromatic carbocycles. The summed E-state index contributed by atoms with van der Waals surface area (Å²) < 4.78 is 1.89. The molecule has 118 valence electrons. The second-order valence-electron chi connectivity index (χ2n) is 6.42. The number of piperidine rings is 1. The Hall–Kier alpha value is -1.33. The highest BCUT2D eigenvalue weighted by molar-refractivity contribution is 5.20. The molecule has 2 unspecified atom stereocenters. The van der Waals surface area contributed by atoms with E-state index in [2.05, 4.69) is 18.7 Å². The van der Waals surface area contributed by atoms with E-state index >= 15 is 0 Å². The van der Waals surface area contributed by atoms with Crippen LogP contribution in [0.25, 0.3) is 0 Å². The Morgan fingerprint density at radius 3 is 2.57 bits per heavy atom. The van der Waals surface area contributed by atoms with Gasteiger partial charge in [0.15, 0.2) is 5.75 Å². The molecule has 0 spiro atoms. The van der Waals surface area contributed by atoms with Gasteiger partial charge in [0, 0.05) is 44.5 Å². The molecular formula is C16H26N2O3. The molecule has 0 radical (unpaired) electrons. The molecule has 1 aliphatic rings. The lowest BCUT2D eigenvalue weighted by Crippen LogP contribution is -2.39. The standard InChI is InChI=1S/C16H26N2O3/c1-12-6-13(2)9-17(8-12)10-14-7-15(20)16(21)11-18(14)4-3-5-19/h7,11-13,19,21H,3-6,8-10H2,1-2H3. The average molecular weight is 294 g/mol. The van der Waals surface area contributed by atoms with Crippen LogP contribution in [0.15, 0.2) is 17.1 Å². The highest BCUT2D eigenvalue weighted by Gasteiger charge is 2.22. The van der Waals surface area contributed by atoms with Crippen LogP contribution in [-0.4, -0.2) is 39.4 Å². The fourth-order valence-electron chi connectivity index (χ4n) is 3.34. The molecule has 0 bridgehead atoms. The smallest absolute Gasteiger partial charge is 0.223 e. The molecule has 2 rings (SSSR count). The van der Waals surface area contributed by atoms with Crippen molar-refractivity contribution in [3.05, 3.63) is 28.2 Å². The van der Waals surface area contributed by atoms with Gasteiger partial charge in [-0.25, -0.2) is 0 Å². The third-order valence-corrected chi connectivity index (χ3v) is 4.08. The lowest BCUT2D eigenvalue weighted by Gasteiger charge is -2.35. The average Bonchev–Trinajstić information content (AvgIpc) is 2.40. The first-order valence-electron chi connectivity index (χ1n) is 7.75. The molecule has 0 saturated carbocycles. The minimum Gasteiger partial charge on any atom is -0.503 e. The summed E-state index contributed by atoms with van der Waals surface area (Å²) in [5.74, 6) is 1.11. The quantitative estimate of drug-likeness (QED) is 0.862. The summed E-state index contributed by atoms with van der Waals surface area (Å²) in [6.45, 7) is 8.04. The number of aromatic nitrogens is 1. The highest BCUT2D eigenvalue weighted by atomic mass is 16.3. The van der Waals surface area contributed by atoms with Gasteiger partial charge in [-0.05, 0) is 24.7 Å². The fourth-order valence-corrected chi connectivity index (χ4v) is 3.34. The van der Waals surface area contributed by atoms with E-state index in [1.165, 1.54) is 18.7 Å². The summed E-state index contributed by atoms with van der Waals surface area (Å²) in [7, 11) is 0. The van der Waals surface area contributed by atoms with Crippen LogP contribution < -0.4 is 5.43 Å². The van der Waals surface area contributed by atoms with Crippen LogP contribution in [0.4, 0.5) is 0 Å². The van der Waals surface area contributed by atoms with E-state index in [0.29, 0.717) is 24.8 Å². The normalized spacial score (nSPS) is 23.4. The van der Waals surface area contributed by atoms with E-state index in [0.717, 1.165) is 25.3 Å². The maximum atomic E-state index is 11.7. The van der Waals surface area contributed by atoms with Crippen molar-refractivity contribution in [3.63, 3.8) is 0 Å². The first-order chi connectivity index (χ1) is 9.99. The van der Waals surface area contributed by atoms with Gasteiger partial charge in [-0.2, -0.15) is 0 Å². The Labute approximate surface area is 125 Å². The number of aliphatic hydroxyl groups is 1. The maximum Gasteiger partial charge on any atom is 0.223 e. The zero-order valence-corrected chi connectivity index (χ0v) is 13.0. The molecule has 5 heteroatoms. The third-order valence-electron chi connectivity index (χ3n) is 4.08. The van der Waals surface area contributed by atoms with Crippen molar-refractivity contribution in [2.75, 3.05) is 19.7 Å². The van der Waals surface area contributed by atoms with Gasteiger partial charge < -0.3 is 14.8 Å². The summed E-state index contributed by atoms with van der Waals surface area (Å²) in [6, 6.07) is 1.52. The zero-order valence-electron chi connectivity index (χ0n) is 13.0. The van der Waals surface area contributed by atoms with E-state index in [-0.39, 0.29) is 17.8 Å². The third kappa shape index (κ3) is 4.32. The Bertz CT molecular complexity index is 517. The monoisotopic (exact) mass is 294 g/mol. The van der Waals surface area contributed by atoms with Crippen molar-refractivity contribution < 1.29 is 10.2 Å². The largest absolute Gasteiger partial charge is 0.503 e. The van der Waals surface area contributed by atoms with Crippen LogP contribution in [0.1, 0.15) is 32.4 Å². The maximum absolute atomic E-state index is 11.7. The minimum absolute atomic E-state index is 0.101. The molecule has 1 aromatic heterocycles.